The fraction of sp³-hybridized carbons (Fsp3) is 0.278. The minimum absolute atomic E-state index is 0.00162. The molecular weight excluding hydrogens is 406 g/mol. The van der Waals surface area contributed by atoms with Gasteiger partial charge in [0.25, 0.3) is 5.69 Å². The summed E-state index contributed by atoms with van der Waals surface area (Å²) in [4.78, 5) is 21.6. The first kappa shape index (κ1) is 21.8. The van der Waals surface area contributed by atoms with Crippen LogP contribution >= 0.6 is 11.6 Å². The van der Waals surface area contributed by atoms with Crippen LogP contribution in [0.5, 0.6) is 0 Å². The number of benzene rings is 2. The molecule has 0 saturated carbocycles. The monoisotopic (exact) mass is 425 g/mol. The van der Waals surface area contributed by atoms with Gasteiger partial charge in [0.2, 0.25) is 15.9 Å². The van der Waals surface area contributed by atoms with Gasteiger partial charge in [-0.2, -0.15) is 0 Å². The van der Waals surface area contributed by atoms with Gasteiger partial charge in [0.05, 0.1) is 14.8 Å². The summed E-state index contributed by atoms with van der Waals surface area (Å²) >= 11 is 5.96. The first-order valence-corrected chi connectivity index (χ1v) is 10.3. The fourth-order valence-electron chi connectivity index (χ4n) is 2.46. The number of rotatable bonds is 7. The molecule has 0 aromatic heterocycles. The standard InChI is InChI=1S/C18H20ClN3O5S/c1-4-18(23)20-14-7-5-13(6-8-14)12(3)21-28(26,27)15-9-16(19)11(2)17(10-15)22(24)25/h5-10,12,21H,4H2,1-3H3,(H,20,23). The number of nitrogens with zero attached hydrogens (tertiary/aromatic N) is 1. The van der Waals surface area contributed by atoms with Crippen LogP contribution in [0.25, 0.3) is 0 Å². The molecule has 2 N–H and O–H groups in total. The smallest absolute Gasteiger partial charge is 0.275 e. The van der Waals surface area contributed by atoms with Crippen molar-refractivity contribution >= 4 is 38.9 Å². The van der Waals surface area contributed by atoms with Crippen LogP contribution in [0.15, 0.2) is 41.3 Å². The van der Waals surface area contributed by atoms with Crippen LogP contribution in [0.4, 0.5) is 11.4 Å². The van der Waals surface area contributed by atoms with Crippen molar-refractivity contribution in [3.8, 4) is 0 Å². The van der Waals surface area contributed by atoms with E-state index in [2.05, 4.69) is 10.0 Å². The van der Waals surface area contributed by atoms with Crippen molar-refractivity contribution in [2.24, 2.45) is 0 Å². The van der Waals surface area contributed by atoms with E-state index >= 15 is 0 Å². The molecule has 10 heteroatoms. The average molecular weight is 426 g/mol. The van der Waals surface area contributed by atoms with E-state index in [1.54, 1.807) is 38.1 Å². The van der Waals surface area contributed by atoms with Gasteiger partial charge in [0.1, 0.15) is 0 Å². The Balaban J connectivity index is 2.24. The number of nitro benzene ring substituents is 1. The Morgan fingerprint density at radius 1 is 1.25 bits per heavy atom. The van der Waals surface area contributed by atoms with Gasteiger partial charge in [-0.15, -0.1) is 0 Å². The number of amides is 1. The Morgan fingerprint density at radius 3 is 2.39 bits per heavy atom. The molecule has 0 aliphatic carbocycles. The molecule has 0 heterocycles. The van der Waals surface area contributed by atoms with E-state index in [1.165, 1.54) is 13.0 Å². The third-order valence-electron chi connectivity index (χ3n) is 4.14. The minimum Gasteiger partial charge on any atom is -0.326 e. The van der Waals surface area contributed by atoms with E-state index < -0.39 is 21.0 Å². The Bertz CT molecular complexity index is 1010. The van der Waals surface area contributed by atoms with E-state index in [1.807, 2.05) is 0 Å². The van der Waals surface area contributed by atoms with Gasteiger partial charge in [-0.3, -0.25) is 14.9 Å². The Kier molecular flexibility index (Phi) is 6.76. The third kappa shape index (κ3) is 5.06. The Hall–Kier alpha value is -2.49. The molecule has 0 saturated heterocycles. The Morgan fingerprint density at radius 2 is 1.86 bits per heavy atom. The third-order valence-corrected chi connectivity index (χ3v) is 6.06. The molecule has 0 fully saturated rings. The number of hydrogen-bond acceptors (Lipinski definition) is 5. The lowest BCUT2D eigenvalue weighted by Crippen LogP contribution is -2.27. The number of carbonyl (C=O) groups excluding carboxylic acids is 1. The summed E-state index contributed by atoms with van der Waals surface area (Å²) < 4.78 is 27.8. The average Bonchev–Trinajstić information content (AvgIpc) is 2.63. The van der Waals surface area contributed by atoms with E-state index in [-0.39, 0.29) is 27.1 Å². The van der Waals surface area contributed by atoms with Gasteiger partial charge < -0.3 is 5.32 Å². The quantitative estimate of drug-likeness (QED) is 0.514. The summed E-state index contributed by atoms with van der Waals surface area (Å²) in [6, 6.07) is 8.26. The summed E-state index contributed by atoms with van der Waals surface area (Å²) in [5.74, 6) is -0.126. The van der Waals surface area contributed by atoms with E-state index in [4.69, 9.17) is 11.6 Å². The fourth-order valence-corrected chi connectivity index (χ4v) is 4.01. The predicted molar refractivity (Wildman–Crippen MR) is 107 cm³/mol. The minimum atomic E-state index is -4.04. The summed E-state index contributed by atoms with van der Waals surface area (Å²) in [7, 11) is -4.04. The highest BCUT2D eigenvalue weighted by Gasteiger charge is 2.24. The molecule has 0 aliphatic heterocycles. The molecule has 1 atom stereocenters. The van der Waals surface area contributed by atoms with E-state index in [9.17, 15) is 23.3 Å². The van der Waals surface area contributed by atoms with Gasteiger partial charge in [-0.1, -0.05) is 30.7 Å². The number of carbonyl (C=O) groups is 1. The lowest BCUT2D eigenvalue weighted by atomic mass is 10.1. The van der Waals surface area contributed by atoms with Gasteiger partial charge in [-0.05, 0) is 37.6 Å². The maximum atomic E-state index is 12.7. The second-order valence-corrected chi connectivity index (χ2v) is 8.29. The van der Waals surface area contributed by atoms with Gasteiger partial charge in [0, 0.05) is 29.8 Å². The SMILES string of the molecule is CCC(=O)Nc1ccc(C(C)NS(=O)(=O)c2cc(Cl)c(C)c([N+](=O)[O-])c2)cc1. The van der Waals surface area contributed by atoms with Crippen molar-refractivity contribution < 1.29 is 18.1 Å². The van der Waals surface area contributed by atoms with Gasteiger partial charge in [0.15, 0.2) is 0 Å². The number of nitrogens with one attached hydrogen (secondary N) is 2. The summed E-state index contributed by atoms with van der Waals surface area (Å²) in [6.07, 6.45) is 0.350. The van der Waals surface area contributed by atoms with Crippen LogP contribution in [-0.4, -0.2) is 19.2 Å². The maximum absolute atomic E-state index is 12.7. The van der Waals surface area contributed by atoms with Crippen LogP contribution in [0.1, 0.15) is 37.4 Å². The lowest BCUT2D eigenvalue weighted by molar-refractivity contribution is -0.385. The highest BCUT2D eigenvalue weighted by Crippen LogP contribution is 2.30. The van der Waals surface area contributed by atoms with Crippen LogP contribution in [-0.2, 0) is 14.8 Å². The molecule has 0 bridgehead atoms. The highest BCUT2D eigenvalue weighted by molar-refractivity contribution is 7.89. The predicted octanol–water partition coefficient (Wildman–Crippen LogP) is 3.94. The van der Waals surface area contributed by atoms with Crippen molar-refractivity contribution in [3.05, 3.63) is 62.7 Å². The lowest BCUT2D eigenvalue weighted by Gasteiger charge is -2.16. The van der Waals surface area contributed by atoms with E-state index in [0.29, 0.717) is 17.7 Å². The zero-order valence-corrected chi connectivity index (χ0v) is 17.1. The van der Waals surface area contributed by atoms with Crippen molar-refractivity contribution in [1.29, 1.82) is 0 Å². The molecule has 0 radical (unpaired) electrons. The summed E-state index contributed by atoms with van der Waals surface area (Å²) in [6.45, 7) is 4.83. The number of nitro groups is 1. The molecule has 1 amide bonds. The largest absolute Gasteiger partial charge is 0.326 e. The maximum Gasteiger partial charge on any atom is 0.275 e. The molecule has 2 rings (SSSR count). The van der Waals surface area contributed by atoms with E-state index in [0.717, 1.165) is 6.07 Å². The van der Waals surface area contributed by atoms with Crippen LogP contribution < -0.4 is 10.0 Å². The molecule has 150 valence electrons. The molecule has 28 heavy (non-hydrogen) atoms. The van der Waals surface area contributed by atoms with Crippen molar-refractivity contribution in [1.82, 2.24) is 4.72 Å². The number of anilines is 1. The van der Waals surface area contributed by atoms with Gasteiger partial charge >= 0.3 is 0 Å². The first-order chi connectivity index (χ1) is 13.0. The molecule has 8 nitrogen and oxygen atoms in total. The topological polar surface area (TPSA) is 118 Å². The van der Waals surface area contributed by atoms with Crippen molar-refractivity contribution in [3.63, 3.8) is 0 Å². The van der Waals surface area contributed by atoms with Crippen LogP contribution in [0.3, 0.4) is 0 Å². The Labute approximate surface area is 168 Å². The number of halogens is 1. The zero-order chi connectivity index (χ0) is 21.1. The first-order valence-electron chi connectivity index (χ1n) is 8.41. The second kappa shape index (κ2) is 8.68. The second-order valence-electron chi connectivity index (χ2n) is 6.17. The molecular formula is C18H20ClN3O5S. The normalized spacial score (nSPS) is 12.4. The molecule has 2 aromatic carbocycles. The molecule has 0 aliphatic rings. The van der Waals surface area contributed by atoms with Gasteiger partial charge in [-0.25, -0.2) is 13.1 Å². The van der Waals surface area contributed by atoms with Crippen molar-refractivity contribution in [2.45, 2.75) is 38.1 Å². The zero-order valence-electron chi connectivity index (χ0n) is 15.5. The highest BCUT2D eigenvalue weighted by atomic mass is 35.5. The summed E-state index contributed by atoms with van der Waals surface area (Å²) in [5, 5.41) is 13.8. The molecule has 1 unspecified atom stereocenters. The van der Waals surface area contributed by atoms with Crippen molar-refractivity contribution in [2.75, 3.05) is 5.32 Å². The number of hydrogen-bond donors (Lipinski definition) is 2. The number of sulfonamides is 1. The summed E-state index contributed by atoms with van der Waals surface area (Å²) in [5.41, 5.74) is 1.09. The molecule has 2 aromatic rings. The molecule has 0 spiro atoms. The van der Waals surface area contributed by atoms with Crippen LogP contribution in [0, 0.1) is 17.0 Å². The van der Waals surface area contributed by atoms with Crippen LogP contribution in [0.2, 0.25) is 5.02 Å².